The third-order valence-electron chi connectivity index (χ3n) is 5.18. The second-order valence-electron chi connectivity index (χ2n) is 6.50. The van der Waals surface area contributed by atoms with E-state index in [2.05, 4.69) is 51.3 Å². The Bertz CT molecular complexity index is 468. The van der Waals surface area contributed by atoms with Crippen LogP contribution >= 0.6 is 15.9 Å². The second kappa shape index (κ2) is 7.15. The Labute approximate surface area is 137 Å². The normalized spacial score (nSPS) is 23.1. The van der Waals surface area contributed by atoms with Crippen LogP contribution < -0.4 is 10.2 Å². The Morgan fingerprint density at radius 3 is 2.71 bits per heavy atom. The zero-order valence-electron chi connectivity index (χ0n) is 13.1. The van der Waals surface area contributed by atoms with Crippen LogP contribution in [-0.2, 0) is 6.54 Å². The van der Waals surface area contributed by atoms with Crippen LogP contribution in [0.2, 0.25) is 0 Å². The third-order valence-corrected chi connectivity index (χ3v) is 5.92. The number of nitrogens with zero attached hydrogens (tertiary/aromatic N) is 1. The average molecular weight is 351 g/mol. The van der Waals surface area contributed by atoms with Crippen LogP contribution in [0, 0.1) is 5.92 Å². The number of hydrogen-bond acceptors (Lipinski definition) is 2. The van der Waals surface area contributed by atoms with Gasteiger partial charge in [0.1, 0.15) is 0 Å². The molecule has 1 saturated carbocycles. The van der Waals surface area contributed by atoms with Gasteiger partial charge in [-0.1, -0.05) is 41.8 Å². The van der Waals surface area contributed by atoms with E-state index in [1.165, 1.54) is 60.8 Å². The molecule has 3 rings (SSSR count). The van der Waals surface area contributed by atoms with Gasteiger partial charge in [-0.15, -0.1) is 0 Å². The van der Waals surface area contributed by atoms with Crippen molar-refractivity contribution in [3.05, 3.63) is 28.2 Å². The molecule has 0 aromatic heterocycles. The van der Waals surface area contributed by atoms with E-state index >= 15 is 0 Å². The summed E-state index contributed by atoms with van der Waals surface area (Å²) in [5, 5.41) is 3.40. The summed E-state index contributed by atoms with van der Waals surface area (Å²) >= 11 is 3.76. The molecule has 1 atom stereocenters. The molecule has 1 saturated heterocycles. The lowest BCUT2D eigenvalue weighted by Gasteiger charge is -2.31. The molecule has 0 radical (unpaired) electrons. The van der Waals surface area contributed by atoms with Crippen molar-refractivity contribution in [3.63, 3.8) is 0 Å². The van der Waals surface area contributed by atoms with Gasteiger partial charge in [-0.05, 0) is 55.8 Å². The standard InChI is InChI=1S/C18H27BrN2/c1-2-20-13-15-9-10-16(12-17(15)19)21-11-5-8-18(21)14-6-3-4-7-14/h9-10,12,14,18,20H,2-8,11,13H2,1H3. The van der Waals surface area contributed by atoms with Crippen molar-refractivity contribution in [2.75, 3.05) is 18.0 Å². The minimum absolute atomic E-state index is 0.791. The van der Waals surface area contributed by atoms with Gasteiger partial charge in [0.05, 0.1) is 0 Å². The molecule has 0 bridgehead atoms. The van der Waals surface area contributed by atoms with E-state index in [0.717, 1.165) is 25.0 Å². The third kappa shape index (κ3) is 3.45. The van der Waals surface area contributed by atoms with Crippen molar-refractivity contribution < 1.29 is 0 Å². The highest BCUT2D eigenvalue weighted by atomic mass is 79.9. The predicted octanol–water partition coefficient (Wildman–Crippen LogP) is 4.72. The van der Waals surface area contributed by atoms with E-state index in [1.54, 1.807) is 0 Å². The molecule has 1 unspecified atom stereocenters. The van der Waals surface area contributed by atoms with Crippen molar-refractivity contribution in [3.8, 4) is 0 Å². The van der Waals surface area contributed by atoms with Gasteiger partial charge in [-0.3, -0.25) is 0 Å². The van der Waals surface area contributed by atoms with Crippen LogP contribution in [0.25, 0.3) is 0 Å². The number of halogens is 1. The molecule has 2 nitrogen and oxygen atoms in total. The first-order valence-electron chi connectivity index (χ1n) is 8.55. The maximum Gasteiger partial charge on any atom is 0.0380 e. The van der Waals surface area contributed by atoms with E-state index in [1.807, 2.05) is 0 Å². The molecule has 2 fully saturated rings. The summed E-state index contributed by atoms with van der Waals surface area (Å²) in [6.07, 6.45) is 8.53. The molecule has 116 valence electrons. The highest BCUT2D eigenvalue weighted by Crippen LogP contribution is 2.38. The first-order chi connectivity index (χ1) is 10.3. The van der Waals surface area contributed by atoms with Gasteiger partial charge in [0.15, 0.2) is 0 Å². The number of benzene rings is 1. The average Bonchev–Trinajstić information content (AvgIpc) is 3.16. The second-order valence-corrected chi connectivity index (χ2v) is 7.36. The van der Waals surface area contributed by atoms with Crippen LogP contribution in [0.4, 0.5) is 5.69 Å². The summed E-state index contributed by atoms with van der Waals surface area (Å²) < 4.78 is 1.25. The van der Waals surface area contributed by atoms with Gasteiger partial charge in [0.25, 0.3) is 0 Å². The van der Waals surface area contributed by atoms with Gasteiger partial charge < -0.3 is 10.2 Å². The highest BCUT2D eigenvalue weighted by Gasteiger charge is 2.33. The minimum Gasteiger partial charge on any atom is -0.368 e. The lowest BCUT2D eigenvalue weighted by atomic mass is 9.95. The molecule has 1 heterocycles. The quantitative estimate of drug-likeness (QED) is 0.826. The van der Waals surface area contributed by atoms with Gasteiger partial charge in [0, 0.05) is 29.3 Å². The molecule has 3 heteroatoms. The number of nitrogens with one attached hydrogen (secondary N) is 1. The maximum absolute atomic E-state index is 3.76. The SMILES string of the molecule is CCNCc1ccc(N2CCCC2C2CCCC2)cc1Br. The molecular formula is C18H27BrN2. The Balaban J connectivity index is 1.74. The molecule has 1 aromatic carbocycles. The van der Waals surface area contributed by atoms with Crippen molar-refractivity contribution in [2.24, 2.45) is 5.92 Å². The molecule has 1 N–H and O–H groups in total. The summed E-state index contributed by atoms with van der Waals surface area (Å²) in [5.74, 6) is 0.938. The van der Waals surface area contributed by atoms with Crippen molar-refractivity contribution in [2.45, 2.75) is 58.0 Å². The molecule has 0 spiro atoms. The van der Waals surface area contributed by atoms with Crippen molar-refractivity contribution in [1.29, 1.82) is 0 Å². The van der Waals surface area contributed by atoms with Gasteiger partial charge in [-0.25, -0.2) is 0 Å². The number of hydrogen-bond donors (Lipinski definition) is 1. The monoisotopic (exact) mass is 350 g/mol. The zero-order chi connectivity index (χ0) is 14.7. The van der Waals surface area contributed by atoms with Crippen LogP contribution in [-0.4, -0.2) is 19.1 Å². The highest BCUT2D eigenvalue weighted by molar-refractivity contribution is 9.10. The summed E-state index contributed by atoms with van der Waals surface area (Å²) in [4.78, 5) is 2.68. The first kappa shape index (κ1) is 15.4. The molecule has 1 aliphatic heterocycles. The Kier molecular flexibility index (Phi) is 5.23. The smallest absolute Gasteiger partial charge is 0.0380 e. The van der Waals surface area contributed by atoms with E-state index in [0.29, 0.717) is 0 Å². The van der Waals surface area contributed by atoms with E-state index < -0.39 is 0 Å². The van der Waals surface area contributed by atoms with E-state index in [9.17, 15) is 0 Å². The molecule has 1 aromatic rings. The Morgan fingerprint density at radius 2 is 2.00 bits per heavy atom. The first-order valence-corrected chi connectivity index (χ1v) is 9.34. The fourth-order valence-electron chi connectivity index (χ4n) is 4.06. The predicted molar refractivity (Wildman–Crippen MR) is 93.8 cm³/mol. The number of anilines is 1. The van der Waals surface area contributed by atoms with Crippen LogP contribution in [0.5, 0.6) is 0 Å². The molecule has 21 heavy (non-hydrogen) atoms. The zero-order valence-corrected chi connectivity index (χ0v) is 14.7. The topological polar surface area (TPSA) is 15.3 Å². The van der Waals surface area contributed by atoms with Crippen LogP contribution in [0.1, 0.15) is 51.0 Å². The maximum atomic E-state index is 3.76. The lowest BCUT2D eigenvalue weighted by molar-refractivity contribution is 0.431. The Hall–Kier alpha value is -0.540. The molecule has 2 aliphatic rings. The lowest BCUT2D eigenvalue weighted by Crippen LogP contribution is -2.34. The Morgan fingerprint density at radius 1 is 1.19 bits per heavy atom. The van der Waals surface area contributed by atoms with Gasteiger partial charge in [0.2, 0.25) is 0 Å². The number of rotatable bonds is 5. The van der Waals surface area contributed by atoms with Crippen LogP contribution in [0.15, 0.2) is 22.7 Å². The molecule has 1 aliphatic carbocycles. The largest absolute Gasteiger partial charge is 0.368 e. The van der Waals surface area contributed by atoms with Crippen molar-refractivity contribution in [1.82, 2.24) is 5.32 Å². The summed E-state index contributed by atoms with van der Waals surface area (Å²) in [6, 6.07) is 7.73. The summed E-state index contributed by atoms with van der Waals surface area (Å²) in [7, 11) is 0. The van der Waals surface area contributed by atoms with Gasteiger partial charge in [-0.2, -0.15) is 0 Å². The summed E-state index contributed by atoms with van der Waals surface area (Å²) in [6.45, 7) is 5.35. The molecular weight excluding hydrogens is 324 g/mol. The fourth-order valence-corrected chi connectivity index (χ4v) is 4.57. The molecule has 0 amide bonds. The summed E-state index contributed by atoms with van der Waals surface area (Å²) in [5.41, 5.74) is 2.77. The van der Waals surface area contributed by atoms with Gasteiger partial charge >= 0.3 is 0 Å². The minimum atomic E-state index is 0.791. The van der Waals surface area contributed by atoms with E-state index in [4.69, 9.17) is 0 Å². The fraction of sp³-hybridized carbons (Fsp3) is 0.667. The van der Waals surface area contributed by atoms with Crippen molar-refractivity contribution >= 4 is 21.6 Å². The van der Waals surface area contributed by atoms with Crippen LogP contribution in [0.3, 0.4) is 0 Å². The van der Waals surface area contributed by atoms with E-state index in [-0.39, 0.29) is 0 Å².